The number of carbonyl (C=O) groups excluding carboxylic acids is 2. The highest BCUT2D eigenvalue weighted by Crippen LogP contribution is 2.41. The van der Waals surface area contributed by atoms with E-state index < -0.39 is 17.8 Å². The lowest BCUT2D eigenvalue weighted by molar-refractivity contribution is -0.142. The van der Waals surface area contributed by atoms with Gasteiger partial charge in [0.1, 0.15) is 17.5 Å². The van der Waals surface area contributed by atoms with Crippen molar-refractivity contribution in [3.8, 4) is 16.2 Å². The summed E-state index contributed by atoms with van der Waals surface area (Å²) in [6, 6.07) is 8.26. The minimum absolute atomic E-state index is 0.000700. The molecular formula is C26H20ClF3N4O3S. The molecule has 5 rings (SSSR count). The predicted octanol–water partition coefficient (Wildman–Crippen LogP) is 5.77. The first-order valence-electron chi connectivity index (χ1n) is 11.5. The molecular weight excluding hydrogens is 541 g/mol. The summed E-state index contributed by atoms with van der Waals surface area (Å²) in [5.41, 5.74) is 1.45. The number of nitrogens with zero attached hydrogens (tertiary/aromatic N) is 3. The van der Waals surface area contributed by atoms with Crippen LogP contribution in [0.1, 0.15) is 39.1 Å². The van der Waals surface area contributed by atoms with Gasteiger partial charge in [0.25, 0.3) is 0 Å². The van der Waals surface area contributed by atoms with Crippen LogP contribution in [0.5, 0.6) is 5.75 Å². The Kier molecular flexibility index (Phi) is 6.74. The predicted molar refractivity (Wildman–Crippen MR) is 138 cm³/mol. The molecule has 1 unspecified atom stereocenters. The third-order valence-corrected chi connectivity index (χ3v) is 7.54. The van der Waals surface area contributed by atoms with Crippen molar-refractivity contribution in [3.05, 3.63) is 75.0 Å². The molecule has 1 N–H and O–H groups in total. The number of amides is 1. The fourth-order valence-corrected chi connectivity index (χ4v) is 5.41. The number of hydrogen-bond acceptors (Lipinski definition) is 6. The van der Waals surface area contributed by atoms with E-state index in [4.69, 9.17) is 16.3 Å². The summed E-state index contributed by atoms with van der Waals surface area (Å²) in [5.74, 6) is 0.111. The summed E-state index contributed by atoms with van der Waals surface area (Å²) in [7, 11) is 0. The molecule has 0 saturated carbocycles. The number of Topliss-reactive ketones (excluding diaryl/α,β-unsaturated/α-hetero) is 1. The molecule has 0 bridgehead atoms. The normalized spacial score (nSPS) is 15.2. The van der Waals surface area contributed by atoms with Crippen molar-refractivity contribution in [1.29, 1.82) is 0 Å². The lowest BCUT2D eigenvalue weighted by Crippen LogP contribution is -2.33. The Morgan fingerprint density at radius 3 is 2.79 bits per heavy atom. The first-order valence-corrected chi connectivity index (χ1v) is 12.7. The van der Waals surface area contributed by atoms with E-state index in [0.29, 0.717) is 33.3 Å². The molecule has 0 saturated heterocycles. The van der Waals surface area contributed by atoms with E-state index in [0.717, 1.165) is 32.8 Å². The monoisotopic (exact) mass is 560 g/mol. The first-order chi connectivity index (χ1) is 18.0. The van der Waals surface area contributed by atoms with E-state index in [1.54, 1.807) is 19.1 Å². The van der Waals surface area contributed by atoms with Gasteiger partial charge in [0.05, 0.1) is 22.1 Å². The van der Waals surface area contributed by atoms with Crippen LogP contribution in [-0.4, -0.2) is 38.9 Å². The zero-order valence-corrected chi connectivity index (χ0v) is 21.7. The van der Waals surface area contributed by atoms with Crippen LogP contribution in [-0.2, 0) is 17.4 Å². The van der Waals surface area contributed by atoms with Gasteiger partial charge in [-0.15, -0.1) is 11.3 Å². The van der Waals surface area contributed by atoms with Gasteiger partial charge >= 0.3 is 6.18 Å². The topological polar surface area (TPSA) is 85.6 Å². The minimum Gasteiger partial charge on any atom is -0.486 e. The highest BCUT2D eigenvalue weighted by molar-refractivity contribution is 7.17. The molecule has 196 valence electrons. The second-order valence-corrected chi connectivity index (χ2v) is 10.2. The van der Waals surface area contributed by atoms with Crippen LogP contribution >= 0.6 is 22.9 Å². The third-order valence-electron chi connectivity index (χ3n) is 6.02. The van der Waals surface area contributed by atoms with Gasteiger partial charge in [0, 0.05) is 34.7 Å². The molecule has 1 aliphatic heterocycles. The molecule has 0 fully saturated rings. The standard InChI is InChI=1S/C26H20ClF3N4O3S/c1-13-18(25-31-8-7-22(26(28,29)30)34(25)33-13)3-6-23(36)32-12-17-10-16-9-15(11-19(27)24(16)37-17)21-5-4-20(38-21)14(2)35/h3-9,11,17H,10,12H2,1-2H3,(H,32,36)/b6-3+. The van der Waals surface area contributed by atoms with Crippen molar-refractivity contribution in [1.82, 2.24) is 19.9 Å². The van der Waals surface area contributed by atoms with Gasteiger partial charge in [0.15, 0.2) is 11.4 Å². The highest BCUT2D eigenvalue weighted by atomic mass is 35.5. The van der Waals surface area contributed by atoms with E-state index in [-0.39, 0.29) is 24.1 Å². The van der Waals surface area contributed by atoms with Gasteiger partial charge in [-0.05, 0) is 55.8 Å². The zero-order valence-electron chi connectivity index (χ0n) is 20.1. The summed E-state index contributed by atoms with van der Waals surface area (Å²) in [6.45, 7) is 3.26. The van der Waals surface area contributed by atoms with Crippen LogP contribution in [0.4, 0.5) is 13.2 Å². The number of alkyl halides is 3. The van der Waals surface area contributed by atoms with Gasteiger partial charge in [-0.25, -0.2) is 9.50 Å². The average Bonchev–Trinajstić information content (AvgIpc) is 3.57. The molecule has 38 heavy (non-hydrogen) atoms. The number of ether oxygens (including phenoxy) is 1. The van der Waals surface area contributed by atoms with E-state index >= 15 is 0 Å². The Labute approximate surface area is 223 Å². The number of benzene rings is 1. The number of thiophene rings is 1. The molecule has 0 aliphatic carbocycles. The Balaban J connectivity index is 1.25. The minimum atomic E-state index is -4.60. The first kappa shape index (κ1) is 25.9. The molecule has 0 radical (unpaired) electrons. The van der Waals surface area contributed by atoms with Crippen LogP contribution in [0.25, 0.3) is 22.2 Å². The van der Waals surface area contributed by atoms with Crippen LogP contribution in [0.15, 0.2) is 42.6 Å². The number of aromatic nitrogens is 3. The molecule has 1 aromatic carbocycles. The molecule has 4 heterocycles. The van der Waals surface area contributed by atoms with Gasteiger partial charge in [-0.2, -0.15) is 18.3 Å². The number of halogens is 4. The maximum absolute atomic E-state index is 13.3. The molecule has 1 atom stereocenters. The average molecular weight is 561 g/mol. The quantitative estimate of drug-likeness (QED) is 0.239. The second-order valence-electron chi connectivity index (χ2n) is 8.75. The van der Waals surface area contributed by atoms with Crippen molar-refractivity contribution >= 4 is 46.4 Å². The van der Waals surface area contributed by atoms with Gasteiger partial charge in [0.2, 0.25) is 5.91 Å². The molecule has 1 aliphatic rings. The lowest BCUT2D eigenvalue weighted by atomic mass is 10.1. The van der Waals surface area contributed by atoms with Crippen molar-refractivity contribution in [2.45, 2.75) is 32.5 Å². The molecule has 7 nitrogen and oxygen atoms in total. The maximum Gasteiger partial charge on any atom is 0.433 e. The maximum atomic E-state index is 13.3. The van der Waals surface area contributed by atoms with Crippen LogP contribution in [0, 0.1) is 6.92 Å². The summed E-state index contributed by atoms with van der Waals surface area (Å²) in [5, 5.41) is 7.13. The number of nitrogens with one attached hydrogen (secondary N) is 1. The Morgan fingerprint density at radius 1 is 1.29 bits per heavy atom. The Bertz CT molecular complexity index is 1610. The van der Waals surface area contributed by atoms with E-state index in [1.165, 1.54) is 30.4 Å². The zero-order chi connectivity index (χ0) is 27.2. The summed E-state index contributed by atoms with van der Waals surface area (Å²) >= 11 is 7.85. The summed E-state index contributed by atoms with van der Waals surface area (Å²) in [6.07, 6.45) is -0.743. The van der Waals surface area contributed by atoms with Crippen LogP contribution < -0.4 is 10.1 Å². The SMILES string of the molecule is CC(=O)c1ccc(-c2cc(Cl)c3c(c2)CC(CNC(=O)/C=C/c2c(C)nn4c(C(F)(F)F)ccnc24)O3)s1. The molecule has 3 aromatic heterocycles. The molecule has 1 amide bonds. The van der Waals surface area contributed by atoms with Crippen molar-refractivity contribution in [2.75, 3.05) is 6.54 Å². The highest BCUT2D eigenvalue weighted by Gasteiger charge is 2.34. The second kappa shape index (κ2) is 9.88. The fourth-order valence-electron chi connectivity index (χ4n) is 4.24. The molecule has 0 spiro atoms. The van der Waals surface area contributed by atoms with Gasteiger partial charge in [-0.1, -0.05) is 11.6 Å². The van der Waals surface area contributed by atoms with Gasteiger partial charge < -0.3 is 10.1 Å². The Hall–Kier alpha value is -3.70. The molecule has 4 aromatic rings. The van der Waals surface area contributed by atoms with Gasteiger partial charge in [-0.3, -0.25) is 9.59 Å². The smallest absolute Gasteiger partial charge is 0.433 e. The van der Waals surface area contributed by atoms with E-state index in [2.05, 4.69) is 15.4 Å². The van der Waals surface area contributed by atoms with Crippen molar-refractivity contribution in [3.63, 3.8) is 0 Å². The third kappa shape index (κ3) is 5.03. The lowest BCUT2D eigenvalue weighted by Gasteiger charge is -2.11. The fraction of sp³-hybridized carbons (Fsp3) is 0.231. The number of carbonyl (C=O) groups is 2. The van der Waals surface area contributed by atoms with Crippen molar-refractivity contribution < 1.29 is 27.5 Å². The number of hydrogen-bond donors (Lipinski definition) is 1. The van der Waals surface area contributed by atoms with E-state index in [1.807, 2.05) is 12.1 Å². The number of fused-ring (bicyclic) bond motifs is 2. The van der Waals surface area contributed by atoms with Crippen molar-refractivity contribution in [2.24, 2.45) is 0 Å². The Morgan fingerprint density at radius 2 is 2.08 bits per heavy atom. The van der Waals surface area contributed by atoms with Crippen LogP contribution in [0.3, 0.4) is 0 Å². The number of ketones is 1. The molecule has 12 heteroatoms. The summed E-state index contributed by atoms with van der Waals surface area (Å²) < 4.78 is 46.5. The number of rotatable bonds is 6. The largest absolute Gasteiger partial charge is 0.486 e. The number of aryl methyl sites for hydroxylation is 1. The van der Waals surface area contributed by atoms with E-state index in [9.17, 15) is 22.8 Å². The van der Waals surface area contributed by atoms with Crippen LogP contribution in [0.2, 0.25) is 5.02 Å². The summed E-state index contributed by atoms with van der Waals surface area (Å²) in [4.78, 5) is 29.7.